The highest BCUT2D eigenvalue weighted by molar-refractivity contribution is 7.16. The number of nitrogens with one attached hydrogen (secondary N) is 1. The number of nitrogens with zero attached hydrogens (tertiary/aromatic N) is 1. The lowest BCUT2D eigenvalue weighted by Gasteiger charge is -2.34. The van der Waals surface area contributed by atoms with Crippen LogP contribution in [0, 0.1) is 5.41 Å². The Morgan fingerprint density at radius 1 is 1.35 bits per heavy atom. The first-order valence-electron chi connectivity index (χ1n) is 8.85. The van der Waals surface area contributed by atoms with Gasteiger partial charge in [0.2, 0.25) is 5.91 Å². The number of amides is 1. The highest BCUT2D eigenvalue weighted by atomic mass is 32.1. The fourth-order valence-electron chi connectivity index (χ4n) is 3.13. The van der Waals surface area contributed by atoms with Crippen molar-refractivity contribution in [1.29, 1.82) is 0 Å². The van der Waals surface area contributed by atoms with Crippen LogP contribution in [0.15, 0.2) is 24.3 Å². The van der Waals surface area contributed by atoms with Crippen LogP contribution in [0.25, 0.3) is 11.3 Å². The monoisotopic (exact) mass is 375 g/mol. The van der Waals surface area contributed by atoms with E-state index in [0.29, 0.717) is 37.7 Å². The Morgan fingerprint density at radius 2 is 2.04 bits per heavy atom. The maximum atomic E-state index is 12.9. The lowest BCUT2D eigenvalue weighted by atomic mass is 9.79. The Morgan fingerprint density at radius 3 is 2.62 bits per heavy atom. The summed E-state index contributed by atoms with van der Waals surface area (Å²) in [5, 5.41) is 3.62. The van der Waals surface area contributed by atoms with Crippen molar-refractivity contribution >= 4 is 22.4 Å². The molecule has 7 heteroatoms. The molecule has 1 aromatic carbocycles. The van der Waals surface area contributed by atoms with Crippen molar-refractivity contribution in [3.8, 4) is 17.0 Å². The van der Waals surface area contributed by atoms with Gasteiger partial charge in [0.1, 0.15) is 5.75 Å². The van der Waals surface area contributed by atoms with E-state index in [2.05, 4.69) is 17.2 Å². The van der Waals surface area contributed by atoms with Crippen molar-refractivity contribution in [2.24, 2.45) is 11.1 Å². The fourth-order valence-corrected chi connectivity index (χ4v) is 4.05. The third-order valence-electron chi connectivity index (χ3n) is 4.92. The van der Waals surface area contributed by atoms with Crippen molar-refractivity contribution < 1.29 is 14.3 Å². The topological polar surface area (TPSA) is 86.5 Å². The van der Waals surface area contributed by atoms with Crippen LogP contribution in [-0.4, -0.2) is 37.8 Å². The van der Waals surface area contributed by atoms with Crippen LogP contribution in [0.1, 0.15) is 24.6 Å². The third kappa shape index (κ3) is 3.75. The number of hydrogen-bond acceptors (Lipinski definition) is 6. The second kappa shape index (κ2) is 8.16. The minimum Gasteiger partial charge on any atom is -0.497 e. The SMILES string of the molecule is CCc1sc(NC(=O)C2(CN)CCOCC2)nc1-c1ccc(OC)cc1. The summed E-state index contributed by atoms with van der Waals surface area (Å²) in [6, 6.07) is 7.80. The molecule has 2 heterocycles. The van der Waals surface area contributed by atoms with E-state index < -0.39 is 5.41 Å². The largest absolute Gasteiger partial charge is 0.497 e. The normalized spacial score (nSPS) is 16.3. The van der Waals surface area contributed by atoms with E-state index >= 15 is 0 Å². The lowest BCUT2D eigenvalue weighted by Crippen LogP contribution is -2.46. The summed E-state index contributed by atoms with van der Waals surface area (Å²) in [7, 11) is 1.65. The zero-order chi connectivity index (χ0) is 18.6. The average molecular weight is 375 g/mol. The summed E-state index contributed by atoms with van der Waals surface area (Å²) >= 11 is 1.52. The molecule has 1 amide bonds. The molecular weight excluding hydrogens is 350 g/mol. The molecule has 0 bridgehead atoms. The van der Waals surface area contributed by atoms with Crippen molar-refractivity contribution in [3.05, 3.63) is 29.1 Å². The first-order chi connectivity index (χ1) is 12.6. The van der Waals surface area contributed by atoms with Crippen molar-refractivity contribution in [1.82, 2.24) is 4.98 Å². The number of benzene rings is 1. The predicted octanol–water partition coefficient (Wildman–Crippen LogP) is 3.08. The molecule has 0 unspecified atom stereocenters. The standard InChI is InChI=1S/C19H25N3O3S/c1-3-15-16(13-4-6-14(24-2)7-5-13)21-18(26-15)22-17(23)19(12-20)8-10-25-11-9-19/h4-7H,3,8-12,20H2,1-2H3,(H,21,22,23). The van der Waals surface area contributed by atoms with Gasteiger partial charge >= 0.3 is 0 Å². The van der Waals surface area contributed by atoms with Gasteiger partial charge in [-0.15, -0.1) is 11.3 Å². The summed E-state index contributed by atoms with van der Waals surface area (Å²) in [6.07, 6.45) is 2.14. The zero-order valence-corrected chi connectivity index (χ0v) is 16.0. The number of aryl methyl sites for hydroxylation is 1. The maximum absolute atomic E-state index is 12.9. The number of hydrogen-bond donors (Lipinski definition) is 2. The number of nitrogens with two attached hydrogens (primary N) is 1. The molecular formula is C19H25N3O3S. The minimum atomic E-state index is -0.559. The van der Waals surface area contributed by atoms with Crippen LogP contribution < -0.4 is 15.8 Å². The number of thiazole rings is 1. The van der Waals surface area contributed by atoms with Crippen molar-refractivity contribution in [3.63, 3.8) is 0 Å². The summed E-state index contributed by atoms with van der Waals surface area (Å²) in [6.45, 7) is 3.55. The van der Waals surface area contributed by atoms with Gasteiger partial charge in [-0.3, -0.25) is 4.79 Å². The maximum Gasteiger partial charge on any atom is 0.233 e. The van der Waals surface area contributed by atoms with E-state index in [1.807, 2.05) is 24.3 Å². The molecule has 140 valence electrons. The average Bonchev–Trinajstić information content (AvgIpc) is 3.11. The quantitative estimate of drug-likeness (QED) is 0.810. The number of ether oxygens (including phenoxy) is 2. The Balaban J connectivity index is 1.82. The summed E-state index contributed by atoms with van der Waals surface area (Å²) in [5.41, 5.74) is 7.29. The van der Waals surface area contributed by atoms with E-state index in [1.165, 1.54) is 11.3 Å². The molecule has 1 aliphatic rings. The molecule has 1 saturated heterocycles. The van der Waals surface area contributed by atoms with E-state index in [0.717, 1.165) is 28.3 Å². The number of anilines is 1. The van der Waals surface area contributed by atoms with E-state index in [1.54, 1.807) is 7.11 Å². The van der Waals surface area contributed by atoms with Gasteiger partial charge in [-0.25, -0.2) is 4.98 Å². The summed E-state index contributed by atoms with van der Waals surface area (Å²) in [4.78, 5) is 18.7. The molecule has 1 aliphatic heterocycles. The highest BCUT2D eigenvalue weighted by Crippen LogP contribution is 2.35. The molecule has 0 saturated carbocycles. The molecule has 6 nitrogen and oxygen atoms in total. The first kappa shape index (κ1) is 18.8. The molecule has 1 aromatic heterocycles. The van der Waals surface area contributed by atoms with Crippen LogP contribution in [0.5, 0.6) is 5.75 Å². The van der Waals surface area contributed by atoms with Gasteiger partial charge in [0.05, 0.1) is 18.2 Å². The van der Waals surface area contributed by atoms with Gasteiger partial charge in [0, 0.05) is 30.2 Å². The number of carbonyl (C=O) groups is 1. The number of rotatable bonds is 6. The lowest BCUT2D eigenvalue weighted by molar-refractivity contribution is -0.130. The smallest absolute Gasteiger partial charge is 0.233 e. The van der Waals surface area contributed by atoms with Crippen LogP contribution in [0.4, 0.5) is 5.13 Å². The second-order valence-corrected chi connectivity index (χ2v) is 7.51. The van der Waals surface area contributed by atoms with Crippen LogP contribution >= 0.6 is 11.3 Å². The van der Waals surface area contributed by atoms with E-state index in [4.69, 9.17) is 15.2 Å². The second-order valence-electron chi connectivity index (χ2n) is 6.42. The molecule has 1 fully saturated rings. The van der Waals surface area contributed by atoms with Crippen LogP contribution in [-0.2, 0) is 16.0 Å². The van der Waals surface area contributed by atoms with Gasteiger partial charge < -0.3 is 20.5 Å². The Labute approximate surface area is 157 Å². The Hall–Kier alpha value is -1.96. The third-order valence-corrected chi connectivity index (χ3v) is 6.04. The Bertz CT molecular complexity index is 752. The molecule has 3 rings (SSSR count). The van der Waals surface area contributed by atoms with Gasteiger partial charge in [-0.05, 0) is 43.5 Å². The fraction of sp³-hybridized carbons (Fsp3) is 0.474. The number of methoxy groups -OCH3 is 1. The summed E-state index contributed by atoms with van der Waals surface area (Å²) in [5.74, 6) is 0.751. The van der Waals surface area contributed by atoms with E-state index in [-0.39, 0.29) is 5.91 Å². The zero-order valence-electron chi connectivity index (χ0n) is 15.2. The molecule has 0 aliphatic carbocycles. The number of carbonyl (C=O) groups excluding carboxylic acids is 1. The first-order valence-corrected chi connectivity index (χ1v) is 9.67. The van der Waals surface area contributed by atoms with E-state index in [9.17, 15) is 4.79 Å². The molecule has 0 atom stereocenters. The van der Waals surface area contributed by atoms with Crippen LogP contribution in [0.3, 0.4) is 0 Å². The predicted molar refractivity (Wildman–Crippen MR) is 104 cm³/mol. The van der Waals surface area contributed by atoms with Gasteiger partial charge in [0.25, 0.3) is 0 Å². The highest BCUT2D eigenvalue weighted by Gasteiger charge is 2.39. The van der Waals surface area contributed by atoms with Crippen molar-refractivity contribution in [2.75, 3.05) is 32.2 Å². The van der Waals surface area contributed by atoms with Gasteiger partial charge in [-0.1, -0.05) is 6.92 Å². The van der Waals surface area contributed by atoms with Crippen LogP contribution in [0.2, 0.25) is 0 Å². The van der Waals surface area contributed by atoms with Gasteiger partial charge in [-0.2, -0.15) is 0 Å². The molecule has 0 radical (unpaired) electrons. The molecule has 3 N–H and O–H groups in total. The number of aromatic nitrogens is 1. The molecule has 0 spiro atoms. The molecule has 2 aromatic rings. The Kier molecular flexibility index (Phi) is 5.90. The van der Waals surface area contributed by atoms with Crippen molar-refractivity contribution in [2.45, 2.75) is 26.2 Å². The summed E-state index contributed by atoms with van der Waals surface area (Å²) < 4.78 is 10.6. The molecule has 26 heavy (non-hydrogen) atoms. The minimum absolute atomic E-state index is 0.0546. The van der Waals surface area contributed by atoms with Gasteiger partial charge in [0.15, 0.2) is 5.13 Å².